The van der Waals surface area contributed by atoms with Crippen LogP contribution in [0.2, 0.25) is 0 Å². The molecular weight excluding hydrogens is 304 g/mol. The van der Waals surface area contributed by atoms with Gasteiger partial charge < -0.3 is 24.3 Å². The number of furan rings is 1. The van der Waals surface area contributed by atoms with Crippen molar-refractivity contribution in [3.05, 3.63) is 24.2 Å². The molecule has 0 aliphatic carbocycles. The van der Waals surface area contributed by atoms with E-state index in [2.05, 4.69) is 10.1 Å². The molecule has 1 amide bonds. The van der Waals surface area contributed by atoms with Crippen LogP contribution < -0.4 is 5.32 Å². The topological polar surface area (TPSA) is 101 Å². The Kier molecular flexibility index (Phi) is 6.57. The van der Waals surface area contributed by atoms with Gasteiger partial charge in [0.2, 0.25) is 5.91 Å². The molecule has 0 bridgehead atoms. The molecule has 2 unspecified atom stereocenters. The molecule has 1 aromatic rings. The van der Waals surface area contributed by atoms with Crippen molar-refractivity contribution in [2.75, 3.05) is 33.4 Å². The summed E-state index contributed by atoms with van der Waals surface area (Å²) in [5.41, 5.74) is 0. The first-order chi connectivity index (χ1) is 11.1. The highest BCUT2D eigenvalue weighted by molar-refractivity contribution is 5.87. The van der Waals surface area contributed by atoms with Crippen LogP contribution in [0.5, 0.6) is 0 Å². The van der Waals surface area contributed by atoms with Gasteiger partial charge in [-0.2, -0.15) is 0 Å². The summed E-state index contributed by atoms with van der Waals surface area (Å²) < 4.78 is 15.1. The minimum Gasteiger partial charge on any atom is -0.469 e. The number of hydrogen-bond donors (Lipinski definition) is 2. The van der Waals surface area contributed by atoms with E-state index < -0.39 is 18.1 Å². The van der Waals surface area contributed by atoms with Gasteiger partial charge in [0.05, 0.1) is 38.5 Å². The molecule has 128 valence electrons. The summed E-state index contributed by atoms with van der Waals surface area (Å²) >= 11 is 0. The molecule has 0 radical (unpaired) electrons. The lowest BCUT2D eigenvalue weighted by atomic mass is 10.1. The minimum atomic E-state index is -0.768. The molecule has 0 spiro atoms. The van der Waals surface area contributed by atoms with E-state index in [-0.39, 0.29) is 32.1 Å². The standard InChI is InChI=1S/C15H22N2O6/c1-21-14(19)7-13-15(20)16-4-5-17(13)8-11(18)9-22-10-12-3-2-6-23-12/h2-3,6,11,13,18H,4-5,7-10H2,1H3,(H,16,20). The van der Waals surface area contributed by atoms with Crippen molar-refractivity contribution in [3.63, 3.8) is 0 Å². The van der Waals surface area contributed by atoms with Gasteiger partial charge in [-0.3, -0.25) is 14.5 Å². The van der Waals surface area contributed by atoms with E-state index in [0.29, 0.717) is 18.8 Å². The summed E-state index contributed by atoms with van der Waals surface area (Å²) in [7, 11) is 1.28. The minimum absolute atomic E-state index is 0.0394. The molecule has 1 aliphatic heterocycles. The third-order valence-electron chi connectivity index (χ3n) is 3.61. The third-order valence-corrected chi connectivity index (χ3v) is 3.61. The average Bonchev–Trinajstić information content (AvgIpc) is 3.04. The second-order valence-electron chi connectivity index (χ2n) is 5.33. The highest BCUT2D eigenvalue weighted by Crippen LogP contribution is 2.11. The fourth-order valence-electron chi connectivity index (χ4n) is 2.46. The summed E-state index contributed by atoms with van der Waals surface area (Å²) in [6, 6.07) is 2.92. The summed E-state index contributed by atoms with van der Waals surface area (Å²) in [6.07, 6.45) is 0.747. The van der Waals surface area contributed by atoms with Crippen molar-refractivity contribution in [2.24, 2.45) is 0 Å². The third kappa shape index (κ3) is 5.34. The molecule has 8 heteroatoms. The number of piperazine rings is 1. The zero-order valence-electron chi connectivity index (χ0n) is 13.1. The molecule has 8 nitrogen and oxygen atoms in total. The van der Waals surface area contributed by atoms with E-state index >= 15 is 0 Å². The number of methoxy groups -OCH3 is 1. The summed E-state index contributed by atoms with van der Waals surface area (Å²) in [5, 5.41) is 12.8. The van der Waals surface area contributed by atoms with Crippen molar-refractivity contribution >= 4 is 11.9 Å². The Bertz CT molecular complexity index is 504. The molecule has 2 rings (SSSR count). The monoisotopic (exact) mass is 326 g/mol. The zero-order valence-corrected chi connectivity index (χ0v) is 13.1. The largest absolute Gasteiger partial charge is 0.469 e. The number of aliphatic hydroxyl groups is 1. The lowest BCUT2D eigenvalue weighted by Gasteiger charge is -2.35. The second-order valence-corrected chi connectivity index (χ2v) is 5.33. The lowest BCUT2D eigenvalue weighted by Crippen LogP contribution is -2.57. The van der Waals surface area contributed by atoms with Gasteiger partial charge in [-0.25, -0.2) is 0 Å². The molecule has 1 aliphatic rings. The Labute approximate surface area is 134 Å². The fourth-order valence-corrected chi connectivity index (χ4v) is 2.46. The van der Waals surface area contributed by atoms with E-state index in [9.17, 15) is 14.7 Å². The number of rotatable bonds is 8. The Morgan fingerprint density at radius 2 is 2.43 bits per heavy atom. The molecule has 1 aromatic heterocycles. The maximum Gasteiger partial charge on any atom is 0.307 e. The lowest BCUT2D eigenvalue weighted by molar-refractivity contribution is -0.146. The smallest absolute Gasteiger partial charge is 0.307 e. The SMILES string of the molecule is COC(=O)CC1C(=O)NCCN1CC(O)COCc1ccco1. The van der Waals surface area contributed by atoms with Crippen molar-refractivity contribution in [2.45, 2.75) is 25.2 Å². The number of carbonyl (C=O) groups is 2. The number of carbonyl (C=O) groups excluding carboxylic acids is 2. The molecule has 2 N–H and O–H groups in total. The van der Waals surface area contributed by atoms with Crippen LogP contribution in [0, 0.1) is 0 Å². The van der Waals surface area contributed by atoms with Crippen LogP contribution >= 0.6 is 0 Å². The van der Waals surface area contributed by atoms with Crippen molar-refractivity contribution in [1.29, 1.82) is 0 Å². The van der Waals surface area contributed by atoms with Crippen LogP contribution in [-0.4, -0.2) is 67.4 Å². The summed E-state index contributed by atoms with van der Waals surface area (Å²) in [5.74, 6) is -0.0101. The number of aliphatic hydroxyl groups excluding tert-OH is 1. The van der Waals surface area contributed by atoms with Crippen LogP contribution in [0.1, 0.15) is 12.2 Å². The Balaban J connectivity index is 1.80. The molecule has 0 aromatic carbocycles. The van der Waals surface area contributed by atoms with Gasteiger partial charge in [0.1, 0.15) is 12.4 Å². The Morgan fingerprint density at radius 1 is 1.61 bits per heavy atom. The number of β-amino-alcohol motifs (C(OH)–C–C–N with tert-alkyl or cyclic N) is 1. The van der Waals surface area contributed by atoms with Crippen molar-refractivity contribution in [1.82, 2.24) is 10.2 Å². The first-order valence-corrected chi connectivity index (χ1v) is 7.47. The van der Waals surface area contributed by atoms with Gasteiger partial charge in [-0.1, -0.05) is 0 Å². The number of esters is 1. The quantitative estimate of drug-likeness (QED) is 0.622. The van der Waals surface area contributed by atoms with Crippen LogP contribution in [-0.2, 0) is 25.7 Å². The van der Waals surface area contributed by atoms with E-state index in [1.807, 2.05) is 0 Å². The predicted octanol–water partition coefficient (Wildman–Crippen LogP) is -0.479. The van der Waals surface area contributed by atoms with Gasteiger partial charge in [0, 0.05) is 19.6 Å². The van der Waals surface area contributed by atoms with Crippen LogP contribution in [0.4, 0.5) is 0 Å². The number of nitrogens with zero attached hydrogens (tertiary/aromatic N) is 1. The molecule has 1 fully saturated rings. The van der Waals surface area contributed by atoms with Gasteiger partial charge in [-0.15, -0.1) is 0 Å². The Morgan fingerprint density at radius 3 is 3.13 bits per heavy atom. The van der Waals surface area contributed by atoms with Gasteiger partial charge in [-0.05, 0) is 12.1 Å². The normalized spacial score (nSPS) is 20.1. The van der Waals surface area contributed by atoms with E-state index in [1.54, 1.807) is 23.3 Å². The predicted molar refractivity (Wildman–Crippen MR) is 79.4 cm³/mol. The molecule has 23 heavy (non-hydrogen) atoms. The van der Waals surface area contributed by atoms with Gasteiger partial charge in [0.15, 0.2) is 0 Å². The van der Waals surface area contributed by atoms with E-state index in [0.717, 1.165) is 0 Å². The average molecular weight is 326 g/mol. The second kappa shape index (κ2) is 8.66. The van der Waals surface area contributed by atoms with Gasteiger partial charge in [0.25, 0.3) is 0 Å². The first-order valence-electron chi connectivity index (χ1n) is 7.47. The highest BCUT2D eigenvalue weighted by Gasteiger charge is 2.32. The van der Waals surface area contributed by atoms with Crippen LogP contribution in [0.15, 0.2) is 22.8 Å². The summed E-state index contributed by atoms with van der Waals surface area (Å²) in [4.78, 5) is 25.1. The number of nitrogens with one attached hydrogen (secondary N) is 1. The molecule has 0 saturated carbocycles. The highest BCUT2D eigenvalue weighted by atomic mass is 16.5. The maximum atomic E-state index is 11.9. The first kappa shape index (κ1) is 17.5. The van der Waals surface area contributed by atoms with E-state index in [1.165, 1.54) is 7.11 Å². The Hall–Kier alpha value is -1.90. The van der Waals surface area contributed by atoms with Crippen LogP contribution in [0.3, 0.4) is 0 Å². The van der Waals surface area contributed by atoms with Crippen molar-refractivity contribution in [3.8, 4) is 0 Å². The fraction of sp³-hybridized carbons (Fsp3) is 0.600. The number of hydrogen-bond acceptors (Lipinski definition) is 7. The summed E-state index contributed by atoms with van der Waals surface area (Å²) in [6.45, 7) is 1.67. The van der Waals surface area contributed by atoms with E-state index in [4.69, 9.17) is 9.15 Å². The molecule has 1 saturated heterocycles. The zero-order chi connectivity index (χ0) is 16.7. The molecule has 2 heterocycles. The molecule has 2 atom stereocenters. The van der Waals surface area contributed by atoms with Crippen molar-refractivity contribution < 1.29 is 28.6 Å². The van der Waals surface area contributed by atoms with Gasteiger partial charge >= 0.3 is 5.97 Å². The maximum absolute atomic E-state index is 11.9. The number of ether oxygens (including phenoxy) is 2. The van der Waals surface area contributed by atoms with Crippen LogP contribution in [0.25, 0.3) is 0 Å². The molecular formula is C15H22N2O6. The number of amides is 1.